The molecule has 0 aromatic rings. The van der Waals surface area contributed by atoms with Crippen molar-refractivity contribution in [2.24, 2.45) is 0 Å². The van der Waals surface area contributed by atoms with Gasteiger partial charge in [0, 0.05) is 13.0 Å². The smallest absolute Gasteiger partial charge is 0.303 e. The van der Waals surface area contributed by atoms with Gasteiger partial charge in [0.2, 0.25) is 23.6 Å². The number of carboxylic acid groups (broad SMARTS) is 1. The summed E-state index contributed by atoms with van der Waals surface area (Å²) in [5.74, 6) is -3.63. The van der Waals surface area contributed by atoms with Gasteiger partial charge in [0.1, 0.15) is 18.1 Å². The van der Waals surface area contributed by atoms with E-state index in [0.29, 0.717) is 12.8 Å². The van der Waals surface area contributed by atoms with Gasteiger partial charge < -0.3 is 31.1 Å². The predicted molar refractivity (Wildman–Crippen MR) is 85.6 cm³/mol. The van der Waals surface area contributed by atoms with Crippen LogP contribution in [0.15, 0.2) is 0 Å². The highest BCUT2D eigenvalue weighted by Gasteiger charge is 2.39. The fourth-order valence-electron chi connectivity index (χ4n) is 3.03. The third kappa shape index (κ3) is 4.69. The molecule has 0 aliphatic carbocycles. The molecule has 0 aromatic carbocycles. The zero-order chi connectivity index (χ0) is 19.3. The number of rotatable bonds is 4. The lowest BCUT2D eigenvalue weighted by Gasteiger charge is -2.30. The Morgan fingerprint density at radius 2 is 1.85 bits per heavy atom. The number of amides is 4. The van der Waals surface area contributed by atoms with Gasteiger partial charge in [-0.2, -0.15) is 0 Å². The van der Waals surface area contributed by atoms with E-state index in [0.717, 1.165) is 0 Å². The molecule has 2 fully saturated rings. The lowest BCUT2D eigenvalue weighted by atomic mass is 10.1. The van der Waals surface area contributed by atoms with Crippen LogP contribution < -0.4 is 16.0 Å². The van der Waals surface area contributed by atoms with Crippen molar-refractivity contribution in [1.29, 1.82) is 0 Å². The topological polar surface area (TPSA) is 165 Å². The summed E-state index contributed by atoms with van der Waals surface area (Å²) in [6, 6.07) is -3.17. The number of nitrogens with one attached hydrogen (secondary N) is 3. The molecular weight excluding hydrogens is 348 g/mol. The fraction of sp³-hybridized carbons (Fsp3) is 0.667. The number of carbonyl (C=O) groups excluding carboxylic acids is 4. The Balaban J connectivity index is 2.24. The monoisotopic (exact) mass is 370 g/mol. The van der Waals surface area contributed by atoms with Crippen molar-refractivity contribution in [3.63, 3.8) is 0 Å². The first kappa shape index (κ1) is 19.6. The quantitative estimate of drug-likeness (QED) is 0.350. The Morgan fingerprint density at radius 1 is 1.12 bits per heavy atom. The number of nitrogens with zero attached hydrogens (tertiary/aromatic N) is 1. The van der Waals surface area contributed by atoms with Gasteiger partial charge in [-0.15, -0.1) is 0 Å². The lowest BCUT2D eigenvalue weighted by molar-refractivity contribution is -0.143. The van der Waals surface area contributed by atoms with E-state index in [2.05, 4.69) is 16.0 Å². The van der Waals surface area contributed by atoms with Gasteiger partial charge in [0.15, 0.2) is 0 Å². The van der Waals surface area contributed by atoms with Crippen molar-refractivity contribution in [2.75, 3.05) is 19.7 Å². The Kier molecular flexibility index (Phi) is 6.50. The van der Waals surface area contributed by atoms with Gasteiger partial charge in [-0.1, -0.05) is 0 Å². The van der Waals surface area contributed by atoms with E-state index in [9.17, 15) is 29.1 Å². The van der Waals surface area contributed by atoms with Crippen LogP contribution in [0.3, 0.4) is 0 Å². The third-order valence-corrected chi connectivity index (χ3v) is 4.36. The zero-order valence-corrected chi connectivity index (χ0v) is 14.1. The molecule has 4 amide bonds. The van der Waals surface area contributed by atoms with Crippen molar-refractivity contribution in [1.82, 2.24) is 20.9 Å². The van der Waals surface area contributed by atoms with Crippen molar-refractivity contribution in [2.45, 2.75) is 43.8 Å². The van der Waals surface area contributed by atoms with Crippen LogP contribution in [0.4, 0.5) is 0 Å². The molecule has 2 rings (SSSR count). The molecule has 0 spiro atoms. The second kappa shape index (κ2) is 8.61. The van der Waals surface area contributed by atoms with Gasteiger partial charge in [-0.25, -0.2) is 0 Å². The maximum atomic E-state index is 12.5. The number of carboxylic acids is 1. The lowest BCUT2D eigenvalue weighted by Crippen LogP contribution is -2.59. The van der Waals surface area contributed by atoms with E-state index in [1.54, 1.807) is 0 Å². The number of aliphatic carboxylic acids is 1. The first-order valence-electron chi connectivity index (χ1n) is 8.34. The summed E-state index contributed by atoms with van der Waals surface area (Å²) in [7, 11) is 0. The molecule has 144 valence electrons. The summed E-state index contributed by atoms with van der Waals surface area (Å²) in [6.07, 6.45) is 0.442. The Morgan fingerprint density at radius 3 is 2.50 bits per heavy atom. The third-order valence-electron chi connectivity index (χ3n) is 4.36. The highest BCUT2D eigenvalue weighted by molar-refractivity contribution is 5.97. The molecule has 26 heavy (non-hydrogen) atoms. The van der Waals surface area contributed by atoms with Gasteiger partial charge in [0.25, 0.3) is 0 Å². The van der Waals surface area contributed by atoms with Crippen molar-refractivity contribution < 1.29 is 34.2 Å². The van der Waals surface area contributed by atoms with E-state index >= 15 is 0 Å². The molecular formula is C15H22N4O7. The van der Waals surface area contributed by atoms with Crippen molar-refractivity contribution in [3.05, 3.63) is 0 Å². The van der Waals surface area contributed by atoms with Crippen molar-refractivity contribution in [3.8, 4) is 0 Å². The number of hydrogen-bond donors (Lipinski definition) is 5. The minimum atomic E-state index is -1.20. The van der Waals surface area contributed by atoms with Gasteiger partial charge >= 0.3 is 5.97 Å². The summed E-state index contributed by atoms with van der Waals surface area (Å²) < 4.78 is 0. The van der Waals surface area contributed by atoms with Crippen LogP contribution in [0.1, 0.15) is 25.7 Å². The molecule has 3 atom stereocenters. The molecule has 0 saturated carbocycles. The second-order valence-corrected chi connectivity index (χ2v) is 6.20. The van der Waals surface area contributed by atoms with E-state index < -0.39 is 60.9 Å². The molecule has 0 bridgehead atoms. The van der Waals surface area contributed by atoms with Crippen LogP contribution in [0.25, 0.3) is 0 Å². The van der Waals surface area contributed by atoms with Crippen LogP contribution in [0, 0.1) is 0 Å². The van der Waals surface area contributed by atoms with E-state index in [1.807, 2.05) is 0 Å². The predicted octanol–water partition coefficient (Wildman–Crippen LogP) is -3.07. The number of hydrogen-bond acceptors (Lipinski definition) is 6. The average molecular weight is 370 g/mol. The molecule has 0 radical (unpaired) electrons. The summed E-state index contributed by atoms with van der Waals surface area (Å²) in [4.78, 5) is 61.2. The SMILES string of the molecule is O=C(O)CC[C@@H]1NC(=O)[C@@H]2CCCN2C(=O)[C@H](CO)NC(=O)CNC1=O. The highest BCUT2D eigenvalue weighted by atomic mass is 16.4. The van der Waals surface area contributed by atoms with Crippen molar-refractivity contribution >= 4 is 29.6 Å². The molecule has 2 aliphatic heterocycles. The van der Waals surface area contributed by atoms with E-state index in [1.165, 1.54) is 4.90 Å². The van der Waals surface area contributed by atoms with Crippen LogP contribution in [0.5, 0.6) is 0 Å². The average Bonchev–Trinajstić information content (AvgIpc) is 3.09. The van der Waals surface area contributed by atoms with Gasteiger partial charge in [-0.05, 0) is 19.3 Å². The standard InChI is InChI=1S/C15H22N4O7/c20-7-9-15(26)19-5-1-2-10(19)14(25)18-8(3-4-12(22)23)13(24)16-6-11(21)17-9/h8-10,20H,1-7H2,(H,16,24)(H,17,21)(H,18,25)(H,22,23)/t8-,9-,10-/m0/s1. The molecule has 5 N–H and O–H groups in total. The summed E-state index contributed by atoms with van der Waals surface area (Å²) in [5, 5.41) is 25.3. The molecule has 2 saturated heterocycles. The molecule has 0 aromatic heterocycles. The van der Waals surface area contributed by atoms with Crippen LogP contribution in [0.2, 0.25) is 0 Å². The number of fused-ring (bicyclic) bond motifs is 1. The molecule has 2 heterocycles. The first-order valence-corrected chi connectivity index (χ1v) is 8.34. The van der Waals surface area contributed by atoms with Gasteiger partial charge in [0.05, 0.1) is 13.2 Å². The molecule has 11 nitrogen and oxygen atoms in total. The normalized spacial score (nSPS) is 27.6. The largest absolute Gasteiger partial charge is 0.481 e. The van der Waals surface area contributed by atoms with Gasteiger partial charge in [-0.3, -0.25) is 24.0 Å². The highest BCUT2D eigenvalue weighted by Crippen LogP contribution is 2.19. The summed E-state index contributed by atoms with van der Waals surface area (Å²) in [5.41, 5.74) is 0. The maximum Gasteiger partial charge on any atom is 0.303 e. The van der Waals surface area contributed by atoms with Crippen LogP contribution in [-0.2, 0) is 24.0 Å². The first-order chi connectivity index (χ1) is 12.3. The second-order valence-electron chi connectivity index (χ2n) is 6.20. The Labute approximate surface area is 149 Å². The molecule has 11 heteroatoms. The maximum absolute atomic E-state index is 12.5. The number of aliphatic hydroxyl groups is 1. The zero-order valence-electron chi connectivity index (χ0n) is 14.1. The minimum absolute atomic E-state index is 0.144. The Hall–Kier alpha value is -2.69. The number of carbonyl (C=O) groups is 5. The number of aliphatic hydroxyl groups excluding tert-OH is 1. The van der Waals surface area contributed by atoms with Crippen LogP contribution in [-0.4, -0.2) is 82.5 Å². The van der Waals surface area contributed by atoms with E-state index in [4.69, 9.17) is 5.11 Å². The molecule has 2 aliphatic rings. The van der Waals surface area contributed by atoms with Crippen LogP contribution >= 0.6 is 0 Å². The minimum Gasteiger partial charge on any atom is -0.481 e. The Bertz CT molecular complexity index is 609. The van der Waals surface area contributed by atoms with E-state index in [-0.39, 0.29) is 19.4 Å². The summed E-state index contributed by atoms with van der Waals surface area (Å²) in [6.45, 7) is -0.814. The fourth-order valence-corrected chi connectivity index (χ4v) is 3.03. The summed E-state index contributed by atoms with van der Waals surface area (Å²) >= 11 is 0. The molecule has 0 unspecified atom stereocenters.